The number of pyridine rings is 1. The average molecular weight is 426 g/mol. The molecule has 1 aliphatic rings. The number of hydrogen-bond acceptors (Lipinski definition) is 5. The molecule has 0 amide bonds. The molecule has 6 nitrogen and oxygen atoms in total. The van der Waals surface area contributed by atoms with Gasteiger partial charge in [0.1, 0.15) is 5.82 Å². The highest BCUT2D eigenvalue weighted by Gasteiger charge is 2.24. The first-order valence-corrected chi connectivity index (χ1v) is 11.0. The Balaban J connectivity index is 1.43. The van der Waals surface area contributed by atoms with Crippen LogP contribution in [0.25, 0.3) is 27.6 Å². The van der Waals surface area contributed by atoms with Crippen molar-refractivity contribution in [2.24, 2.45) is 0 Å². The zero-order chi connectivity index (χ0) is 22.2. The quantitative estimate of drug-likeness (QED) is 0.496. The summed E-state index contributed by atoms with van der Waals surface area (Å²) in [5.74, 6) is 0.940. The van der Waals surface area contributed by atoms with Gasteiger partial charge in [-0.15, -0.1) is 0 Å². The van der Waals surface area contributed by atoms with Gasteiger partial charge in [-0.1, -0.05) is 35.9 Å². The molecule has 0 aliphatic carbocycles. The van der Waals surface area contributed by atoms with E-state index in [0.29, 0.717) is 17.1 Å². The Labute approximate surface area is 187 Å². The second kappa shape index (κ2) is 8.20. The van der Waals surface area contributed by atoms with Crippen molar-refractivity contribution < 1.29 is 0 Å². The molecule has 162 valence electrons. The third-order valence-electron chi connectivity index (χ3n) is 6.37. The fourth-order valence-electron chi connectivity index (χ4n) is 4.32. The molecule has 1 aliphatic heterocycles. The van der Waals surface area contributed by atoms with Gasteiger partial charge in [-0.2, -0.15) is 9.78 Å². The van der Waals surface area contributed by atoms with Gasteiger partial charge in [0.25, 0.3) is 5.56 Å². The minimum absolute atomic E-state index is 0.138. The summed E-state index contributed by atoms with van der Waals surface area (Å²) in [6.45, 7) is 4.03. The Kier molecular flexibility index (Phi) is 5.23. The molecule has 0 N–H and O–H groups in total. The minimum atomic E-state index is -0.138. The highest BCUT2D eigenvalue weighted by molar-refractivity contribution is 5.86. The van der Waals surface area contributed by atoms with Gasteiger partial charge < -0.3 is 9.80 Å². The molecule has 0 spiro atoms. The molecule has 2 aromatic heterocycles. The van der Waals surface area contributed by atoms with E-state index in [1.54, 1.807) is 12.4 Å². The molecule has 1 fully saturated rings. The topological polar surface area (TPSA) is 54.3 Å². The fraction of sp³-hybridized carbons (Fsp3) is 0.269. The molecule has 2 aromatic carbocycles. The van der Waals surface area contributed by atoms with Gasteiger partial charge in [-0.25, -0.2) is 4.98 Å². The van der Waals surface area contributed by atoms with E-state index in [1.807, 2.05) is 30.3 Å². The summed E-state index contributed by atoms with van der Waals surface area (Å²) in [6.07, 6.45) is 4.62. The lowest BCUT2D eigenvalue weighted by molar-refractivity contribution is 0.315. The van der Waals surface area contributed by atoms with E-state index in [9.17, 15) is 4.79 Å². The molecule has 4 aromatic rings. The Morgan fingerprint density at radius 3 is 2.44 bits per heavy atom. The van der Waals surface area contributed by atoms with Crippen molar-refractivity contribution in [3.63, 3.8) is 0 Å². The zero-order valence-electron chi connectivity index (χ0n) is 18.7. The van der Waals surface area contributed by atoms with Crippen LogP contribution >= 0.6 is 0 Å². The number of rotatable bonds is 4. The van der Waals surface area contributed by atoms with Crippen LogP contribution in [0.4, 0.5) is 5.82 Å². The molecule has 0 bridgehead atoms. The fourth-order valence-corrected chi connectivity index (χ4v) is 4.32. The predicted octanol–water partition coefficient (Wildman–Crippen LogP) is 3.90. The normalized spacial score (nSPS) is 16.2. The first-order valence-electron chi connectivity index (χ1n) is 11.0. The van der Waals surface area contributed by atoms with Gasteiger partial charge in [-0.05, 0) is 62.8 Å². The number of fused-ring (bicyclic) bond motifs is 1. The largest absolute Gasteiger partial charge is 0.355 e. The number of anilines is 1. The lowest BCUT2D eigenvalue weighted by atomic mass is 10.0. The summed E-state index contributed by atoms with van der Waals surface area (Å²) in [6, 6.07) is 18.7. The molecule has 1 atom stereocenters. The summed E-state index contributed by atoms with van der Waals surface area (Å²) < 4.78 is 1.43. The van der Waals surface area contributed by atoms with E-state index in [2.05, 4.69) is 65.2 Å². The van der Waals surface area contributed by atoms with Crippen molar-refractivity contribution in [3.8, 4) is 16.8 Å². The molecule has 3 heterocycles. The summed E-state index contributed by atoms with van der Waals surface area (Å²) in [5.41, 5.74) is 3.96. The van der Waals surface area contributed by atoms with Crippen molar-refractivity contribution in [2.45, 2.75) is 19.4 Å². The van der Waals surface area contributed by atoms with Crippen LogP contribution in [0, 0.1) is 6.92 Å². The third-order valence-corrected chi connectivity index (χ3v) is 6.37. The lowest BCUT2D eigenvalue weighted by Gasteiger charge is -2.21. The first-order chi connectivity index (χ1) is 15.5. The summed E-state index contributed by atoms with van der Waals surface area (Å²) >= 11 is 0. The Bertz CT molecular complexity index is 1310. The Hall–Kier alpha value is -3.51. The molecule has 32 heavy (non-hydrogen) atoms. The van der Waals surface area contributed by atoms with Gasteiger partial charge in [0.15, 0.2) is 0 Å². The monoisotopic (exact) mass is 425 g/mol. The molecular weight excluding hydrogens is 398 g/mol. The second-order valence-corrected chi connectivity index (χ2v) is 8.76. The van der Waals surface area contributed by atoms with E-state index in [0.717, 1.165) is 41.8 Å². The van der Waals surface area contributed by atoms with Crippen molar-refractivity contribution in [2.75, 3.05) is 32.1 Å². The van der Waals surface area contributed by atoms with Gasteiger partial charge >= 0.3 is 0 Å². The second-order valence-electron chi connectivity index (χ2n) is 8.76. The van der Waals surface area contributed by atoms with E-state index < -0.39 is 0 Å². The Morgan fingerprint density at radius 1 is 0.969 bits per heavy atom. The number of aryl methyl sites for hydroxylation is 1. The van der Waals surface area contributed by atoms with E-state index >= 15 is 0 Å². The van der Waals surface area contributed by atoms with Crippen LogP contribution < -0.4 is 10.5 Å². The number of aromatic nitrogens is 3. The van der Waals surface area contributed by atoms with Crippen LogP contribution in [0.5, 0.6) is 0 Å². The third kappa shape index (κ3) is 3.78. The molecular formula is C26H27N5O. The number of benzene rings is 2. The average Bonchev–Trinajstić information content (AvgIpc) is 3.31. The number of nitrogens with zero attached hydrogens (tertiary/aromatic N) is 5. The van der Waals surface area contributed by atoms with Crippen molar-refractivity contribution >= 4 is 16.6 Å². The summed E-state index contributed by atoms with van der Waals surface area (Å²) in [5, 5.41) is 5.91. The van der Waals surface area contributed by atoms with Crippen LogP contribution in [0.2, 0.25) is 0 Å². The maximum atomic E-state index is 13.1. The standard InChI is InChI=1S/C26H27N5O/c1-18-4-6-19(7-5-18)20-8-10-24-21(14-20)15-28-31(26(24)32)22-9-11-25(27-16-22)30-13-12-23(17-30)29(2)3/h4-11,14-16,23H,12-13,17H2,1-3H3. The molecule has 0 saturated carbocycles. The van der Waals surface area contributed by atoms with Crippen LogP contribution in [-0.2, 0) is 0 Å². The maximum absolute atomic E-state index is 13.1. The highest BCUT2D eigenvalue weighted by atomic mass is 16.1. The maximum Gasteiger partial charge on any atom is 0.279 e. The molecule has 6 heteroatoms. The van der Waals surface area contributed by atoms with Gasteiger partial charge in [-0.3, -0.25) is 4.79 Å². The predicted molar refractivity (Wildman–Crippen MR) is 130 cm³/mol. The molecule has 1 saturated heterocycles. The van der Waals surface area contributed by atoms with Gasteiger partial charge in [0, 0.05) is 24.5 Å². The van der Waals surface area contributed by atoms with Crippen molar-refractivity contribution in [1.29, 1.82) is 0 Å². The number of likely N-dealkylation sites (N-methyl/N-ethyl adjacent to an activating group) is 1. The van der Waals surface area contributed by atoms with Gasteiger partial charge in [0.2, 0.25) is 0 Å². The van der Waals surface area contributed by atoms with Crippen LogP contribution in [0.1, 0.15) is 12.0 Å². The van der Waals surface area contributed by atoms with Gasteiger partial charge in [0.05, 0.1) is 23.5 Å². The van der Waals surface area contributed by atoms with E-state index in [1.165, 1.54) is 10.2 Å². The number of hydrogen-bond donors (Lipinski definition) is 0. The highest BCUT2D eigenvalue weighted by Crippen LogP contribution is 2.24. The lowest BCUT2D eigenvalue weighted by Crippen LogP contribution is -2.31. The first kappa shape index (κ1) is 20.4. The van der Waals surface area contributed by atoms with Crippen molar-refractivity contribution in [1.82, 2.24) is 19.7 Å². The van der Waals surface area contributed by atoms with Crippen LogP contribution in [0.3, 0.4) is 0 Å². The van der Waals surface area contributed by atoms with Crippen LogP contribution in [-0.4, -0.2) is 52.9 Å². The Morgan fingerprint density at radius 2 is 1.75 bits per heavy atom. The minimum Gasteiger partial charge on any atom is -0.355 e. The van der Waals surface area contributed by atoms with E-state index in [-0.39, 0.29) is 5.56 Å². The molecule has 0 radical (unpaired) electrons. The summed E-state index contributed by atoms with van der Waals surface area (Å²) in [4.78, 5) is 22.3. The summed E-state index contributed by atoms with van der Waals surface area (Å²) in [7, 11) is 4.23. The smallest absolute Gasteiger partial charge is 0.279 e. The molecule has 1 unspecified atom stereocenters. The van der Waals surface area contributed by atoms with E-state index in [4.69, 9.17) is 0 Å². The van der Waals surface area contributed by atoms with Crippen molar-refractivity contribution in [3.05, 3.63) is 82.9 Å². The SMILES string of the molecule is Cc1ccc(-c2ccc3c(=O)n(-c4ccc(N5CCC(N(C)C)C5)nc4)ncc3c2)cc1. The molecule has 5 rings (SSSR count). The van der Waals surface area contributed by atoms with Crippen LogP contribution in [0.15, 0.2) is 71.8 Å². The zero-order valence-corrected chi connectivity index (χ0v) is 18.7.